The molecule has 8 aromatic carbocycles. The lowest BCUT2D eigenvalue weighted by Crippen LogP contribution is -1.94. The van der Waals surface area contributed by atoms with E-state index in [4.69, 9.17) is 4.98 Å². The maximum atomic E-state index is 5.39. The predicted octanol–water partition coefficient (Wildman–Crippen LogP) is 12.9. The number of benzene rings is 8. The van der Waals surface area contributed by atoms with E-state index >= 15 is 0 Å². The molecule has 0 saturated heterocycles. The molecule has 0 atom stereocenters. The van der Waals surface area contributed by atoms with Gasteiger partial charge in [0.2, 0.25) is 0 Å². The summed E-state index contributed by atoms with van der Waals surface area (Å²) in [5.74, 6) is 0. The van der Waals surface area contributed by atoms with Crippen LogP contribution in [0.25, 0.3) is 99.3 Å². The highest BCUT2D eigenvalue weighted by Crippen LogP contribution is 2.58. The number of nitrogens with zero attached hydrogens (tertiary/aromatic N) is 1. The molecule has 0 bridgehead atoms. The molecule has 0 fully saturated rings. The van der Waals surface area contributed by atoms with Crippen LogP contribution >= 0.6 is 0 Å². The summed E-state index contributed by atoms with van der Waals surface area (Å²) >= 11 is 0. The fraction of sp³-hybridized carbons (Fsp3) is 0. The molecule has 0 spiro atoms. The van der Waals surface area contributed by atoms with Crippen LogP contribution in [-0.2, 0) is 0 Å². The van der Waals surface area contributed by atoms with Gasteiger partial charge in [0, 0.05) is 16.5 Å². The van der Waals surface area contributed by atoms with Crippen molar-refractivity contribution in [1.29, 1.82) is 0 Å². The van der Waals surface area contributed by atoms with E-state index in [0.717, 1.165) is 27.9 Å². The van der Waals surface area contributed by atoms with Crippen LogP contribution in [0.4, 0.5) is 0 Å². The van der Waals surface area contributed by atoms with E-state index in [9.17, 15) is 0 Å². The number of hydrogen-bond acceptors (Lipinski definition) is 1. The summed E-state index contributed by atoms with van der Waals surface area (Å²) in [6.07, 6.45) is 0. The number of rotatable bonds is 4. The van der Waals surface area contributed by atoms with Crippen LogP contribution in [0.2, 0.25) is 0 Å². The molecule has 1 aliphatic carbocycles. The largest absolute Gasteiger partial charge is 0.247 e. The molecule has 0 radical (unpaired) electrons. The fourth-order valence-electron chi connectivity index (χ4n) is 7.93. The molecule has 9 aromatic rings. The van der Waals surface area contributed by atoms with Gasteiger partial charge in [-0.1, -0.05) is 158 Å². The molecule has 0 saturated carbocycles. The van der Waals surface area contributed by atoms with Gasteiger partial charge < -0.3 is 0 Å². The van der Waals surface area contributed by atoms with Crippen LogP contribution in [0.15, 0.2) is 176 Å². The van der Waals surface area contributed by atoms with Crippen LogP contribution in [0, 0.1) is 0 Å². The molecule has 1 aromatic heterocycles. The summed E-state index contributed by atoms with van der Waals surface area (Å²) < 4.78 is 0. The van der Waals surface area contributed by atoms with Gasteiger partial charge in [-0.25, -0.2) is 4.98 Å². The first-order chi connectivity index (χ1) is 23.8. The third-order valence-corrected chi connectivity index (χ3v) is 9.94. The Morgan fingerprint density at radius 2 is 0.833 bits per heavy atom. The average Bonchev–Trinajstić information content (AvgIpc) is 3.49. The number of aromatic nitrogens is 1. The highest BCUT2D eigenvalue weighted by molar-refractivity contribution is 6.28. The summed E-state index contributed by atoms with van der Waals surface area (Å²) in [6, 6.07) is 63.7. The molecule has 0 aliphatic heterocycles. The van der Waals surface area contributed by atoms with Gasteiger partial charge in [0.1, 0.15) is 0 Å². The van der Waals surface area contributed by atoms with Crippen LogP contribution in [0.1, 0.15) is 0 Å². The summed E-state index contributed by atoms with van der Waals surface area (Å²) in [5, 5.41) is 7.43. The van der Waals surface area contributed by atoms with Gasteiger partial charge in [-0.3, -0.25) is 0 Å². The summed E-state index contributed by atoms with van der Waals surface area (Å²) in [6.45, 7) is 0. The summed E-state index contributed by atoms with van der Waals surface area (Å²) in [5.41, 5.74) is 14.5. The van der Waals surface area contributed by atoms with Crippen molar-refractivity contribution in [2.75, 3.05) is 0 Å². The summed E-state index contributed by atoms with van der Waals surface area (Å²) in [7, 11) is 0. The van der Waals surface area contributed by atoms with Gasteiger partial charge in [0.25, 0.3) is 0 Å². The van der Waals surface area contributed by atoms with Crippen molar-refractivity contribution in [3.63, 3.8) is 0 Å². The molecular formula is C47H29N. The van der Waals surface area contributed by atoms with E-state index < -0.39 is 0 Å². The van der Waals surface area contributed by atoms with Crippen LogP contribution in [0.5, 0.6) is 0 Å². The van der Waals surface area contributed by atoms with Crippen molar-refractivity contribution in [3.8, 4) is 67.0 Å². The summed E-state index contributed by atoms with van der Waals surface area (Å²) in [4.78, 5) is 5.39. The standard InChI is InChI=1S/C47H29N/c1-4-15-30(16-5-1)43-37-24-12-13-25-38(37)44(31-17-6-2-7-18-31)46-40-28-35(27-34-22-14-26-39(42(34)40)45(43)46)41-29-33-21-10-11-23-36(33)47(48-41)32-19-8-3-9-20-32/h1-29H. The van der Waals surface area contributed by atoms with Gasteiger partial charge in [-0.2, -0.15) is 0 Å². The number of hydrogen-bond donors (Lipinski definition) is 0. The molecule has 48 heavy (non-hydrogen) atoms. The Balaban J connectivity index is 1.34. The first kappa shape index (κ1) is 26.9. The second kappa shape index (κ2) is 10.6. The zero-order valence-electron chi connectivity index (χ0n) is 26.2. The van der Waals surface area contributed by atoms with E-state index in [1.165, 1.54) is 71.4 Å². The topological polar surface area (TPSA) is 12.9 Å². The maximum absolute atomic E-state index is 5.39. The smallest absolute Gasteiger partial charge is 0.0787 e. The first-order valence-electron chi connectivity index (χ1n) is 16.6. The van der Waals surface area contributed by atoms with Gasteiger partial charge in [-0.15, -0.1) is 0 Å². The van der Waals surface area contributed by atoms with Crippen LogP contribution in [-0.4, -0.2) is 4.98 Å². The average molecular weight is 608 g/mol. The lowest BCUT2D eigenvalue weighted by Gasteiger charge is -2.20. The Morgan fingerprint density at radius 1 is 0.312 bits per heavy atom. The van der Waals surface area contributed by atoms with Crippen molar-refractivity contribution >= 4 is 32.3 Å². The Hall–Kier alpha value is -6.31. The second-order valence-electron chi connectivity index (χ2n) is 12.6. The van der Waals surface area contributed by atoms with Gasteiger partial charge in [0.05, 0.1) is 11.4 Å². The predicted molar refractivity (Wildman–Crippen MR) is 203 cm³/mol. The van der Waals surface area contributed by atoms with Crippen molar-refractivity contribution in [2.45, 2.75) is 0 Å². The molecule has 1 heteroatoms. The molecule has 1 nitrogen and oxygen atoms in total. The van der Waals surface area contributed by atoms with Gasteiger partial charge >= 0.3 is 0 Å². The molecule has 0 unspecified atom stereocenters. The zero-order chi connectivity index (χ0) is 31.6. The first-order valence-corrected chi connectivity index (χ1v) is 16.6. The van der Waals surface area contributed by atoms with E-state index in [-0.39, 0.29) is 0 Å². The van der Waals surface area contributed by atoms with Crippen molar-refractivity contribution in [2.24, 2.45) is 0 Å². The van der Waals surface area contributed by atoms with E-state index in [1.807, 2.05) is 0 Å². The highest BCUT2D eigenvalue weighted by Gasteiger charge is 2.31. The molecule has 222 valence electrons. The number of pyridine rings is 1. The zero-order valence-corrected chi connectivity index (χ0v) is 26.2. The minimum atomic E-state index is 0.981. The molecule has 1 heterocycles. The Labute approximate surface area is 279 Å². The highest BCUT2D eigenvalue weighted by atomic mass is 14.7. The van der Waals surface area contributed by atoms with E-state index in [0.29, 0.717) is 0 Å². The lowest BCUT2D eigenvalue weighted by molar-refractivity contribution is 1.35. The van der Waals surface area contributed by atoms with Gasteiger partial charge in [-0.05, 0) is 89.6 Å². The molecular weight excluding hydrogens is 579 g/mol. The normalized spacial score (nSPS) is 11.8. The van der Waals surface area contributed by atoms with E-state index in [1.54, 1.807) is 0 Å². The Bertz CT molecular complexity index is 2690. The third kappa shape index (κ3) is 4.01. The minimum absolute atomic E-state index is 0.981. The molecule has 10 rings (SSSR count). The Morgan fingerprint density at radius 3 is 1.48 bits per heavy atom. The van der Waals surface area contributed by atoms with Gasteiger partial charge in [0.15, 0.2) is 0 Å². The lowest BCUT2D eigenvalue weighted by atomic mass is 9.82. The minimum Gasteiger partial charge on any atom is -0.247 e. The van der Waals surface area contributed by atoms with Crippen LogP contribution in [0.3, 0.4) is 0 Å². The fourth-order valence-corrected chi connectivity index (χ4v) is 7.93. The second-order valence-corrected chi connectivity index (χ2v) is 12.6. The molecule has 0 amide bonds. The third-order valence-electron chi connectivity index (χ3n) is 9.94. The Kier molecular flexibility index (Phi) is 5.94. The van der Waals surface area contributed by atoms with Crippen molar-refractivity contribution in [3.05, 3.63) is 176 Å². The van der Waals surface area contributed by atoms with Crippen molar-refractivity contribution < 1.29 is 0 Å². The maximum Gasteiger partial charge on any atom is 0.0787 e. The molecule has 1 aliphatic rings. The van der Waals surface area contributed by atoms with Crippen molar-refractivity contribution in [1.82, 2.24) is 4.98 Å². The monoisotopic (exact) mass is 607 g/mol. The molecule has 0 N–H and O–H groups in total. The number of fused-ring (bicyclic) bond motifs is 5. The van der Waals surface area contributed by atoms with Crippen LogP contribution < -0.4 is 0 Å². The quantitative estimate of drug-likeness (QED) is 0.194. The SMILES string of the molecule is c1ccc(-c2nc(-c3cc4c5c(cccc5c3)-c3c-4c(-c4ccccc4)c4ccccc4c3-c3ccccc3)cc3ccccc23)cc1. The van der Waals surface area contributed by atoms with E-state index in [2.05, 4.69) is 176 Å².